The first-order valence-corrected chi connectivity index (χ1v) is 13.1. The lowest BCUT2D eigenvalue weighted by molar-refractivity contribution is 0.488. The summed E-state index contributed by atoms with van der Waals surface area (Å²) in [4.78, 5) is 5.80. The first kappa shape index (κ1) is 22.1. The Kier molecular flexibility index (Phi) is 5.35. The van der Waals surface area contributed by atoms with Crippen LogP contribution in [0.2, 0.25) is 0 Å². The molecule has 1 aliphatic heterocycles. The third-order valence-electron chi connectivity index (χ3n) is 5.71. The number of hydroxylamine groups is 2. The second-order valence-corrected chi connectivity index (χ2v) is 10.8. The van der Waals surface area contributed by atoms with Crippen LogP contribution in [-0.2, 0) is 22.3 Å². The standard InChI is InChI=1S/C22H18FN3O4S3/c23-16-3-1-4-18(11-16)26(27)14-22(26,20-13-32-21(24-20)19-5-2-10-31-19)12-15-6-8-17(9-7-15)25-33(28,29)30/h1-11,13,25H,12,14H2,(H,28,29,30). The minimum atomic E-state index is -4.38. The van der Waals surface area contributed by atoms with Gasteiger partial charge in [-0.1, -0.05) is 24.3 Å². The molecule has 0 radical (unpaired) electrons. The zero-order chi connectivity index (χ0) is 23.3. The summed E-state index contributed by atoms with van der Waals surface area (Å²) in [5.41, 5.74) is 1.03. The van der Waals surface area contributed by atoms with Crippen LogP contribution in [0.15, 0.2) is 71.4 Å². The fourth-order valence-electron chi connectivity index (χ4n) is 4.09. The predicted molar refractivity (Wildman–Crippen MR) is 129 cm³/mol. The monoisotopic (exact) mass is 503 g/mol. The minimum absolute atomic E-state index is 0.202. The van der Waals surface area contributed by atoms with Gasteiger partial charge >= 0.3 is 10.3 Å². The van der Waals surface area contributed by atoms with E-state index in [9.17, 15) is 18.0 Å². The van der Waals surface area contributed by atoms with Crippen molar-refractivity contribution in [3.05, 3.63) is 93.7 Å². The van der Waals surface area contributed by atoms with Crippen molar-refractivity contribution < 1.29 is 17.4 Å². The highest BCUT2D eigenvalue weighted by molar-refractivity contribution is 7.87. The Morgan fingerprint density at radius 2 is 1.94 bits per heavy atom. The molecule has 0 bridgehead atoms. The molecule has 2 atom stereocenters. The first-order chi connectivity index (χ1) is 15.7. The molecule has 170 valence electrons. The average molecular weight is 504 g/mol. The molecule has 5 rings (SSSR count). The number of nitrogens with zero attached hydrogens (tertiary/aromatic N) is 2. The molecule has 7 nitrogen and oxygen atoms in total. The summed E-state index contributed by atoms with van der Waals surface area (Å²) in [6.07, 6.45) is 0.326. The number of quaternary nitrogens is 1. The Morgan fingerprint density at radius 3 is 2.61 bits per heavy atom. The smallest absolute Gasteiger partial charge is 0.357 e. The third-order valence-corrected chi connectivity index (χ3v) is 8.08. The molecule has 2 N–H and O–H groups in total. The molecule has 1 saturated heterocycles. The van der Waals surface area contributed by atoms with Gasteiger partial charge in [0, 0.05) is 17.9 Å². The molecule has 1 aliphatic rings. The first-order valence-electron chi connectivity index (χ1n) is 9.88. The molecule has 11 heteroatoms. The van der Waals surface area contributed by atoms with Crippen LogP contribution in [0.25, 0.3) is 9.88 Å². The summed E-state index contributed by atoms with van der Waals surface area (Å²) in [5.74, 6) is -0.472. The lowest BCUT2D eigenvalue weighted by Crippen LogP contribution is -2.31. The van der Waals surface area contributed by atoms with E-state index < -0.39 is 26.3 Å². The number of hydrogen-bond acceptors (Lipinski definition) is 6. The quantitative estimate of drug-likeness (QED) is 0.157. The number of anilines is 1. The lowest BCUT2D eigenvalue weighted by Gasteiger charge is -2.29. The molecular weight excluding hydrogens is 485 g/mol. The molecule has 1 fully saturated rings. The molecule has 2 aromatic carbocycles. The summed E-state index contributed by atoms with van der Waals surface area (Å²) in [5, 5.41) is 18.7. The molecule has 0 saturated carbocycles. The molecule has 0 amide bonds. The Hall–Kier alpha value is -2.67. The summed E-state index contributed by atoms with van der Waals surface area (Å²) >= 11 is 3.03. The van der Waals surface area contributed by atoms with Crippen molar-refractivity contribution in [3.63, 3.8) is 0 Å². The van der Waals surface area contributed by atoms with Crippen LogP contribution in [0, 0.1) is 11.0 Å². The molecule has 3 heterocycles. The predicted octanol–water partition coefficient (Wildman–Crippen LogP) is 5.18. The van der Waals surface area contributed by atoms with Crippen LogP contribution in [0.5, 0.6) is 0 Å². The molecule has 2 aromatic heterocycles. The molecule has 4 aromatic rings. The van der Waals surface area contributed by atoms with Gasteiger partial charge in [0.1, 0.15) is 28.8 Å². The largest absolute Gasteiger partial charge is 0.626 e. The zero-order valence-corrected chi connectivity index (χ0v) is 19.5. The van der Waals surface area contributed by atoms with Gasteiger partial charge < -0.3 is 9.85 Å². The van der Waals surface area contributed by atoms with E-state index in [0.29, 0.717) is 17.8 Å². The number of aromatic nitrogens is 1. The SMILES string of the molecule is O=S(=O)(O)Nc1ccc(CC2(c3csc(-c4cccs4)n3)C[N+]2([O-])c2cccc(F)c2)cc1. The molecule has 2 unspecified atom stereocenters. The lowest BCUT2D eigenvalue weighted by atomic mass is 9.96. The van der Waals surface area contributed by atoms with Gasteiger partial charge in [0.15, 0.2) is 0 Å². The van der Waals surface area contributed by atoms with Crippen molar-refractivity contribution in [3.8, 4) is 9.88 Å². The fourth-order valence-corrected chi connectivity index (χ4v) is 6.25. The molecular formula is C22H18FN3O4S3. The summed E-state index contributed by atoms with van der Waals surface area (Å²) in [6.45, 7) is 0.203. The number of hydrogen-bond donors (Lipinski definition) is 2. The molecule has 33 heavy (non-hydrogen) atoms. The van der Waals surface area contributed by atoms with Crippen molar-refractivity contribution in [2.75, 3.05) is 11.3 Å². The van der Waals surface area contributed by atoms with E-state index in [0.717, 1.165) is 15.4 Å². The van der Waals surface area contributed by atoms with Crippen LogP contribution in [0.4, 0.5) is 15.8 Å². The van der Waals surface area contributed by atoms with Crippen LogP contribution in [0.1, 0.15) is 11.3 Å². The van der Waals surface area contributed by atoms with E-state index in [-0.39, 0.29) is 12.2 Å². The number of thiophene rings is 1. The van der Waals surface area contributed by atoms with Crippen LogP contribution in [-0.4, -0.2) is 24.5 Å². The summed E-state index contributed by atoms with van der Waals surface area (Å²) in [6, 6.07) is 16.0. The van der Waals surface area contributed by atoms with Crippen LogP contribution >= 0.6 is 22.7 Å². The van der Waals surface area contributed by atoms with Gasteiger partial charge in [-0.25, -0.2) is 9.37 Å². The second-order valence-electron chi connectivity index (χ2n) is 7.88. The van der Waals surface area contributed by atoms with Crippen molar-refractivity contribution in [1.82, 2.24) is 9.63 Å². The van der Waals surface area contributed by atoms with Gasteiger partial charge in [0.25, 0.3) is 0 Å². The Morgan fingerprint density at radius 1 is 1.15 bits per heavy atom. The van der Waals surface area contributed by atoms with Gasteiger partial charge in [-0.3, -0.25) is 9.27 Å². The van der Waals surface area contributed by atoms with Gasteiger partial charge in [-0.15, -0.1) is 22.7 Å². The highest BCUT2D eigenvalue weighted by atomic mass is 32.2. The fraction of sp³-hybridized carbons (Fsp3) is 0.136. The number of halogens is 1. The van der Waals surface area contributed by atoms with Crippen LogP contribution in [0.3, 0.4) is 0 Å². The Labute approximate surface area is 197 Å². The maximum Gasteiger partial charge on any atom is 0.357 e. The topological polar surface area (TPSA) is 102 Å². The van der Waals surface area contributed by atoms with E-state index >= 15 is 0 Å². The number of nitrogens with one attached hydrogen (secondary N) is 1. The molecule has 0 aliphatic carbocycles. The van der Waals surface area contributed by atoms with Gasteiger partial charge in [0.05, 0.1) is 10.6 Å². The zero-order valence-electron chi connectivity index (χ0n) is 17.0. The van der Waals surface area contributed by atoms with E-state index in [2.05, 4.69) is 0 Å². The maximum absolute atomic E-state index is 14.0. The number of benzene rings is 2. The van der Waals surface area contributed by atoms with E-state index in [1.165, 1.54) is 41.7 Å². The van der Waals surface area contributed by atoms with Gasteiger partial charge in [-0.2, -0.15) is 8.42 Å². The second kappa shape index (κ2) is 7.97. The van der Waals surface area contributed by atoms with Gasteiger partial charge in [-0.05, 0) is 41.3 Å². The third kappa shape index (κ3) is 4.19. The maximum atomic E-state index is 14.0. The van der Waals surface area contributed by atoms with E-state index in [1.54, 1.807) is 29.5 Å². The minimum Gasteiger partial charge on any atom is -0.626 e. The Bertz CT molecular complexity index is 1410. The number of thiazole rings is 1. The van der Waals surface area contributed by atoms with E-state index in [4.69, 9.17) is 9.54 Å². The van der Waals surface area contributed by atoms with Crippen molar-refractivity contribution >= 4 is 44.4 Å². The normalized spacial score (nSPS) is 22.3. The molecule has 0 spiro atoms. The van der Waals surface area contributed by atoms with Gasteiger partial charge in [0.2, 0.25) is 5.54 Å². The van der Waals surface area contributed by atoms with Crippen LogP contribution < -0.4 is 9.37 Å². The van der Waals surface area contributed by atoms with Crippen molar-refractivity contribution in [2.24, 2.45) is 0 Å². The summed E-state index contributed by atoms with van der Waals surface area (Å²) in [7, 11) is -4.38. The average Bonchev–Trinajstić information content (AvgIpc) is 3.21. The Balaban J connectivity index is 1.52. The van der Waals surface area contributed by atoms with Crippen molar-refractivity contribution in [1.29, 1.82) is 0 Å². The van der Waals surface area contributed by atoms with E-state index in [1.807, 2.05) is 27.6 Å². The highest BCUT2D eigenvalue weighted by Gasteiger charge is 2.68. The van der Waals surface area contributed by atoms with Crippen molar-refractivity contribution in [2.45, 2.75) is 12.0 Å². The number of rotatable bonds is 7. The highest BCUT2D eigenvalue weighted by Crippen LogP contribution is 2.56. The summed E-state index contributed by atoms with van der Waals surface area (Å²) < 4.78 is 46.3.